The van der Waals surface area contributed by atoms with Crippen molar-refractivity contribution in [2.24, 2.45) is 0 Å². The minimum Gasteiger partial charge on any atom is -0.424 e. The van der Waals surface area contributed by atoms with Crippen LogP contribution < -0.4 is 5.56 Å². The topological polar surface area (TPSA) is 73.8 Å². The van der Waals surface area contributed by atoms with Gasteiger partial charge in [-0.15, -0.1) is 10.2 Å². The van der Waals surface area contributed by atoms with Crippen LogP contribution in [0.4, 0.5) is 0 Å². The van der Waals surface area contributed by atoms with Gasteiger partial charge >= 0.3 is 0 Å². The van der Waals surface area contributed by atoms with Crippen molar-refractivity contribution in [1.29, 1.82) is 0 Å². The summed E-state index contributed by atoms with van der Waals surface area (Å²) in [6.45, 7) is 3.97. The first kappa shape index (κ1) is 19.8. The lowest BCUT2D eigenvalue weighted by Crippen LogP contribution is -2.27. The van der Waals surface area contributed by atoms with Crippen LogP contribution in [0.3, 0.4) is 0 Å². The number of aromatic nitrogens is 4. The summed E-state index contributed by atoms with van der Waals surface area (Å²) in [5, 5.41) is 9.28. The number of fused-ring (bicyclic) bond motifs is 1. The Morgan fingerprint density at radius 1 is 1.14 bits per heavy atom. The number of hydrogen-bond acceptors (Lipinski definition) is 6. The van der Waals surface area contributed by atoms with E-state index in [9.17, 15) is 4.79 Å². The Morgan fingerprint density at radius 3 is 2.62 bits per heavy atom. The molecule has 29 heavy (non-hydrogen) atoms. The highest BCUT2D eigenvalue weighted by atomic mass is 79.9. The SMILES string of the molecule is CCc1nnc(CSc2nc3ccc(Br)cc3c(=O)n2C(C)c2ccccc2)o1. The molecule has 0 spiro atoms. The highest BCUT2D eigenvalue weighted by Crippen LogP contribution is 2.27. The number of benzene rings is 2. The molecule has 0 saturated carbocycles. The van der Waals surface area contributed by atoms with E-state index in [4.69, 9.17) is 9.40 Å². The van der Waals surface area contributed by atoms with Gasteiger partial charge in [0.1, 0.15) is 0 Å². The molecule has 1 unspecified atom stereocenters. The summed E-state index contributed by atoms with van der Waals surface area (Å²) in [6, 6.07) is 15.3. The van der Waals surface area contributed by atoms with E-state index in [1.807, 2.05) is 62.4 Å². The number of hydrogen-bond donors (Lipinski definition) is 0. The van der Waals surface area contributed by atoms with Crippen LogP contribution >= 0.6 is 27.7 Å². The third-order valence-corrected chi connectivity index (χ3v) is 6.07. The fraction of sp³-hybridized carbons (Fsp3) is 0.238. The molecular formula is C21H19BrN4O2S. The van der Waals surface area contributed by atoms with Crippen molar-refractivity contribution in [2.75, 3.05) is 0 Å². The van der Waals surface area contributed by atoms with Crippen LogP contribution in [0.2, 0.25) is 0 Å². The van der Waals surface area contributed by atoms with Crippen LogP contribution in [-0.4, -0.2) is 19.7 Å². The molecule has 148 valence electrons. The molecule has 8 heteroatoms. The molecule has 2 aromatic heterocycles. The third-order valence-electron chi connectivity index (χ3n) is 4.64. The van der Waals surface area contributed by atoms with Crippen molar-refractivity contribution in [3.8, 4) is 0 Å². The van der Waals surface area contributed by atoms with Gasteiger partial charge in [-0.2, -0.15) is 0 Å². The molecule has 0 N–H and O–H groups in total. The zero-order valence-corrected chi connectivity index (χ0v) is 18.4. The molecule has 0 aliphatic rings. The normalized spacial score (nSPS) is 12.4. The average Bonchev–Trinajstić information content (AvgIpc) is 3.21. The first-order valence-corrected chi connectivity index (χ1v) is 11.1. The molecule has 0 aliphatic carbocycles. The van der Waals surface area contributed by atoms with Crippen LogP contribution in [0.1, 0.15) is 37.2 Å². The zero-order valence-electron chi connectivity index (χ0n) is 16.0. The molecular weight excluding hydrogens is 452 g/mol. The molecule has 1 atom stereocenters. The lowest BCUT2D eigenvalue weighted by Gasteiger charge is -2.19. The number of halogens is 1. The molecule has 0 fully saturated rings. The molecule has 0 saturated heterocycles. The second-order valence-electron chi connectivity index (χ2n) is 6.55. The van der Waals surface area contributed by atoms with Gasteiger partial charge in [-0.25, -0.2) is 4.98 Å². The highest BCUT2D eigenvalue weighted by molar-refractivity contribution is 9.10. The first-order valence-electron chi connectivity index (χ1n) is 9.27. The molecule has 4 aromatic rings. The van der Waals surface area contributed by atoms with Crippen molar-refractivity contribution in [3.05, 3.63) is 80.7 Å². The van der Waals surface area contributed by atoms with E-state index in [0.717, 1.165) is 10.0 Å². The Labute approximate surface area is 180 Å². The molecule has 0 bridgehead atoms. The van der Waals surface area contributed by atoms with Gasteiger partial charge in [0.05, 0.1) is 22.7 Å². The van der Waals surface area contributed by atoms with Gasteiger partial charge in [0.15, 0.2) is 5.16 Å². The smallest absolute Gasteiger partial charge is 0.262 e. The Kier molecular flexibility index (Phi) is 5.82. The van der Waals surface area contributed by atoms with Crippen LogP contribution in [-0.2, 0) is 12.2 Å². The Balaban J connectivity index is 1.80. The standard InChI is InChI=1S/C21H19BrN4O2S/c1-3-18-24-25-19(28-18)12-29-21-23-17-10-9-15(22)11-16(17)20(27)26(21)13(2)14-7-5-4-6-8-14/h4-11,13H,3,12H2,1-2H3. The van der Waals surface area contributed by atoms with E-state index in [0.29, 0.717) is 40.0 Å². The minimum atomic E-state index is -0.170. The maximum Gasteiger partial charge on any atom is 0.262 e. The molecule has 6 nitrogen and oxygen atoms in total. The van der Waals surface area contributed by atoms with Crippen LogP contribution in [0, 0.1) is 0 Å². The molecule has 0 amide bonds. The summed E-state index contributed by atoms with van der Waals surface area (Å²) in [4.78, 5) is 18.2. The number of nitrogens with zero attached hydrogens (tertiary/aromatic N) is 4. The van der Waals surface area contributed by atoms with Crippen molar-refractivity contribution in [3.63, 3.8) is 0 Å². The van der Waals surface area contributed by atoms with Crippen molar-refractivity contribution in [2.45, 2.75) is 37.2 Å². The summed E-state index contributed by atoms with van der Waals surface area (Å²) in [5.74, 6) is 1.58. The summed E-state index contributed by atoms with van der Waals surface area (Å²) in [5.41, 5.74) is 1.63. The predicted molar refractivity (Wildman–Crippen MR) is 117 cm³/mol. The summed E-state index contributed by atoms with van der Waals surface area (Å²) < 4.78 is 8.20. The summed E-state index contributed by atoms with van der Waals surface area (Å²) in [7, 11) is 0. The van der Waals surface area contributed by atoms with Crippen molar-refractivity contribution >= 4 is 38.6 Å². The number of rotatable bonds is 6. The van der Waals surface area contributed by atoms with Gasteiger partial charge < -0.3 is 4.42 Å². The third kappa shape index (κ3) is 4.13. The fourth-order valence-electron chi connectivity index (χ4n) is 3.09. The van der Waals surface area contributed by atoms with Gasteiger partial charge in [0.25, 0.3) is 5.56 Å². The quantitative estimate of drug-likeness (QED) is 0.291. The van der Waals surface area contributed by atoms with Gasteiger partial charge in [-0.3, -0.25) is 9.36 Å². The van der Waals surface area contributed by atoms with Crippen LogP contribution in [0.25, 0.3) is 10.9 Å². The Morgan fingerprint density at radius 2 is 1.90 bits per heavy atom. The molecule has 2 heterocycles. The lowest BCUT2D eigenvalue weighted by molar-refractivity contribution is 0.469. The van der Waals surface area contributed by atoms with E-state index in [1.165, 1.54) is 11.8 Å². The van der Waals surface area contributed by atoms with Gasteiger partial charge in [0.2, 0.25) is 11.8 Å². The zero-order chi connectivity index (χ0) is 20.4. The van der Waals surface area contributed by atoms with Crippen LogP contribution in [0.15, 0.2) is 67.4 Å². The van der Waals surface area contributed by atoms with Gasteiger partial charge in [0, 0.05) is 10.9 Å². The maximum absolute atomic E-state index is 13.4. The highest BCUT2D eigenvalue weighted by Gasteiger charge is 2.19. The summed E-state index contributed by atoms with van der Waals surface area (Å²) >= 11 is 4.88. The fourth-order valence-corrected chi connectivity index (χ4v) is 4.36. The van der Waals surface area contributed by atoms with Crippen molar-refractivity contribution < 1.29 is 4.42 Å². The average molecular weight is 471 g/mol. The van der Waals surface area contributed by atoms with E-state index in [1.54, 1.807) is 4.57 Å². The number of thioether (sulfide) groups is 1. The minimum absolute atomic E-state index is 0.0741. The van der Waals surface area contributed by atoms with Crippen LogP contribution in [0.5, 0.6) is 0 Å². The van der Waals surface area contributed by atoms with E-state index < -0.39 is 0 Å². The molecule has 2 aromatic carbocycles. The Bertz CT molecular complexity index is 1210. The van der Waals surface area contributed by atoms with E-state index >= 15 is 0 Å². The van der Waals surface area contributed by atoms with E-state index in [2.05, 4.69) is 26.1 Å². The summed E-state index contributed by atoms with van der Waals surface area (Å²) in [6.07, 6.45) is 0.691. The largest absolute Gasteiger partial charge is 0.424 e. The number of aryl methyl sites for hydroxylation is 1. The molecule has 0 radical (unpaired) electrons. The van der Waals surface area contributed by atoms with Crippen molar-refractivity contribution in [1.82, 2.24) is 19.7 Å². The molecule has 0 aliphatic heterocycles. The van der Waals surface area contributed by atoms with Gasteiger partial charge in [-0.05, 0) is 30.7 Å². The van der Waals surface area contributed by atoms with E-state index in [-0.39, 0.29) is 11.6 Å². The second-order valence-corrected chi connectivity index (χ2v) is 8.41. The first-order chi connectivity index (χ1) is 14.1. The molecule has 4 rings (SSSR count). The monoisotopic (exact) mass is 470 g/mol. The Hall–Kier alpha value is -2.45. The second kappa shape index (κ2) is 8.51. The maximum atomic E-state index is 13.4. The lowest BCUT2D eigenvalue weighted by atomic mass is 10.1. The predicted octanol–water partition coefficient (Wildman–Crippen LogP) is 5.01. The van der Waals surface area contributed by atoms with Gasteiger partial charge in [-0.1, -0.05) is 64.9 Å².